The summed E-state index contributed by atoms with van der Waals surface area (Å²) in [5.74, 6) is 1.45. The summed E-state index contributed by atoms with van der Waals surface area (Å²) in [4.78, 5) is 25.4. The van der Waals surface area contributed by atoms with Crippen LogP contribution in [-0.4, -0.2) is 66.3 Å². The van der Waals surface area contributed by atoms with Crippen LogP contribution in [0.2, 0.25) is 0 Å². The molecule has 1 fully saturated rings. The van der Waals surface area contributed by atoms with E-state index >= 15 is 0 Å². The van der Waals surface area contributed by atoms with Gasteiger partial charge in [0.2, 0.25) is 0 Å². The van der Waals surface area contributed by atoms with Crippen LogP contribution < -0.4 is 0 Å². The van der Waals surface area contributed by atoms with E-state index in [4.69, 9.17) is 16.3 Å². The van der Waals surface area contributed by atoms with Crippen molar-refractivity contribution in [1.82, 2.24) is 9.80 Å². The molecule has 0 radical (unpaired) electrons. The topological polar surface area (TPSA) is 70.1 Å². The first-order valence-electron chi connectivity index (χ1n) is 5.31. The maximum Gasteiger partial charge on any atom is 0.320 e. The van der Waals surface area contributed by atoms with Crippen molar-refractivity contribution in [3.05, 3.63) is 0 Å². The summed E-state index contributed by atoms with van der Waals surface area (Å²) in [5.41, 5.74) is 0. The zero-order valence-electron chi connectivity index (χ0n) is 9.76. The Morgan fingerprint density at radius 1 is 1.65 bits per heavy atom. The Hall–Kier alpha value is -1.74. The Bertz CT molecular complexity index is 337. The second-order valence-electron chi connectivity index (χ2n) is 3.88. The van der Waals surface area contributed by atoms with Crippen LogP contribution >= 0.6 is 0 Å². The molecule has 1 aliphatic rings. The number of urea groups is 1. The standard InChI is InChI=1S/C11H16N2O4/c1-3-4-12(2)11(16)13-5-6-17-9(8-13)7-10(14)15/h1,9H,4-8H2,2H3,(H,14,15). The molecule has 2 amide bonds. The lowest BCUT2D eigenvalue weighted by Crippen LogP contribution is -2.50. The van der Waals surface area contributed by atoms with Crippen LogP contribution in [-0.2, 0) is 9.53 Å². The fourth-order valence-corrected chi connectivity index (χ4v) is 1.66. The quantitative estimate of drug-likeness (QED) is 0.696. The number of rotatable bonds is 3. The first-order chi connectivity index (χ1) is 8.04. The molecule has 1 rings (SSSR count). The third-order valence-corrected chi connectivity index (χ3v) is 2.47. The Labute approximate surface area is 100 Å². The third kappa shape index (κ3) is 3.96. The van der Waals surface area contributed by atoms with Gasteiger partial charge >= 0.3 is 12.0 Å². The van der Waals surface area contributed by atoms with E-state index in [1.165, 1.54) is 4.90 Å². The van der Waals surface area contributed by atoms with Crippen molar-refractivity contribution in [1.29, 1.82) is 0 Å². The molecular formula is C11H16N2O4. The molecule has 0 aliphatic carbocycles. The number of carboxylic acids is 1. The minimum absolute atomic E-state index is 0.0946. The smallest absolute Gasteiger partial charge is 0.320 e. The number of carboxylic acid groups (broad SMARTS) is 1. The number of morpholine rings is 1. The molecule has 0 aromatic carbocycles. The minimum Gasteiger partial charge on any atom is -0.481 e. The molecule has 1 aliphatic heterocycles. The van der Waals surface area contributed by atoms with Gasteiger partial charge in [-0.3, -0.25) is 4.79 Å². The predicted molar refractivity (Wildman–Crippen MR) is 60.4 cm³/mol. The maximum atomic E-state index is 11.9. The Morgan fingerprint density at radius 3 is 2.94 bits per heavy atom. The highest BCUT2D eigenvalue weighted by molar-refractivity contribution is 5.74. The van der Waals surface area contributed by atoms with Crippen molar-refractivity contribution in [2.75, 3.05) is 33.3 Å². The van der Waals surface area contributed by atoms with Gasteiger partial charge in [0.15, 0.2) is 0 Å². The number of terminal acetylenes is 1. The van der Waals surface area contributed by atoms with Crippen LogP contribution in [0.3, 0.4) is 0 Å². The number of amides is 2. The summed E-state index contributed by atoms with van der Waals surface area (Å²) in [6.45, 7) is 1.34. The fraction of sp³-hybridized carbons (Fsp3) is 0.636. The van der Waals surface area contributed by atoms with E-state index in [1.54, 1.807) is 11.9 Å². The van der Waals surface area contributed by atoms with Crippen molar-refractivity contribution < 1.29 is 19.4 Å². The zero-order chi connectivity index (χ0) is 12.8. The Balaban J connectivity index is 2.51. The van der Waals surface area contributed by atoms with Gasteiger partial charge in [0.05, 0.1) is 25.7 Å². The van der Waals surface area contributed by atoms with E-state index < -0.39 is 12.1 Å². The van der Waals surface area contributed by atoms with Gasteiger partial charge in [-0.2, -0.15) is 0 Å². The molecule has 0 aromatic rings. The summed E-state index contributed by atoms with van der Waals surface area (Å²) >= 11 is 0. The van der Waals surface area contributed by atoms with Gasteiger partial charge < -0.3 is 19.6 Å². The highest BCUT2D eigenvalue weighted by Gasteiger charge is 2.27. The van der Waals surface area contributed by atoms with Gasteiger partial charge in [0.1, 0.15) is 0 Å². The normalized spacial score (nSPS) is 19.5. The summed E-state index contributed by atoms with van der Waals surface area (Å²) in [6, 6.07) is -0.193. The fourth-order valence-electron chi connectivity index (χ4n) is 1.66. The average molecular weight is 240 g/mol. The monoisotopic (exact) mass is 240 g/mol. The molecule has 1 saturated heterocycles. The van der Waals surface area contributed by atoms with E-state index in [2.05, 4.69) is 5.92 Å². The summed E-state index contributed by atoms with van der Waals surface area (Å²) < 4.78 is 5.28. The lowest BCUT2D eigenvalue weighted by Gasteiger charge is -2.34. The molecule has 1 heterocycles. The third-order valence-electron chi connectivity index (χ3n) is 2.47. The molecule has 1 atom stereocenters. The van der Waals surface area contributed by atoms with Crippen molar-refractivity contribution >= 4 is 12.0 Å². The van der Waals surface area contributed by atoms with Crippen molar-refractivity contribution in [2.45, 2.75) is 12.5 Å². The largest absolute Gasteiger partial charge is 0.481 e. The maximum absolute atomic E-state index is 11.9. The number of hydrogen-bond donors (Lipinski definition) is 1. The van der Waals surface area contributed by atoms with Gasteiger partial charge in [-0.25, -0.2) is 4.79 Å². The molecule has 6 nitrogen and oxygen atoms in total. The molecule has 1 N–H and O–H groups in total. The number of hydrogen-bond acceptors (Lipinski definition) is 3. The second kappa shape index (κ2) is 6.11. The van der Waals surface area contributed by atoms with Gasteiger partial charge in [-0.1, -0.05) is 5.92 Å². The second-order valence-corrected chi connectivity index (χ2v) is 3.88. The van der Waals surface area contributed by atoms with E-state index in [0.29, 0.717) is 19.7 Å². The van der Waals surface area contributed by atoms with Crippen LogP contribution in [0.1, 0.15) is 6.42 Å². The van der Waals surface area contributed by atoms with Crippen LogP contribution in [0.25, 0.3) is 0 Å². The van der Waals surface area contributed by atoms with Gasteiger partial charge in [-0.15, -0.1) is 6.42 Å². The van der Waals surface area contributed by atoms with Crippen molar-refractivity contribution in [3.8, 4) is 12.3 Å². The summed E-state index contributed by atoms with van der Waals surface area (Å²) in [5, 5.41) is 8.66. The summed E-state index contributed by atoms with van der Waals surface area (Å²) in [6.07, 6.45) is 4.59. The van der Waals surface area contributed by atoms with Crippen LogP contribution in [0.15, 0.2) is 0 Å². The van der Waals surface area contributed by atoms with Crippen molar-refractivity contribution in [3.63, 3.8) is 0 Å². The van der Waals surface area contributed by atoms with Gasteiger partial charge in [0.25, 0.3) is 0 Å². The molecule has 6 heteroatoms. The average Bonchev–Trinajstić information content (AvgIpc) is 2.28. The van der Waals surface area contributed by atoms with E-state index in [0.717, 1.165) is 0 Å². The van der Waals surface area contributed by atoms with Crippen LogP contribution in [0.4, 0.5) is 4.79 Å². The number of nitrogens with zero attached hydrogens (tertiary/aromatic N) is 2. The van der Waals surface area contributed by atoms with Crippen LogP contribution in [0, 0.1) is 12.3 Å². The predicted octanol–water partition coefficient (Wildman–Crippen LogP) is -0.153. The SMILES string of the molecule is C#CCN(C)C(=O)N1CCOC(CC(=O)O)C1. The minimum atomic E-state index is -0.929. The molecule has 0 spiro atoms. The summed E-state index contributed by atoms with van der Waals surface area (Å²) in [7, 11) is 1.61. The molecular weight excluding hydrogens is 224 g/mol. The molecule has 94 valence electrons. The Morgan fingerprint density at radius 2 is 2.35 bits per heavy atom. The van der Waals surface area contributed by atoms with Crippen molar-refractivity contribution in [2.24, 2.45) is 0 Å². The highest BCUT2D eigenvalue weighted by atomic mass is 16.5. The van der Waals surface area contributed by atoms with Crippen LogP contribution in [0.5, 0.6) is 0 Å². The molecule has 0 bridgehead atoms. The van der Waals surface area contributed by atoms with E-state index in [-0.39, 0.29) is 19.0 Å². The molecule has 0 aromatic heterocycles. The zero-order valence-corrected chi connectivity index (χ0v) is 9.76. The molecule has 0 saturated carbocycles. The van der Waals surface area contributed by atoms with Gasteiger partial charge in [-0.05, 0) is 0 Å². The first kappa shape index (κ1) is 13.3. The lowest BCUT2D eigenvalue weighted by molar-refractivity contribution is -0.141. The molecule has 17 heavy (non-hydrogen) atoms. The van der Waals surface area contributed by atoms with E-state index in [9.17, 15) is 9.59 Å². The number of ether oxygens (including phenoxy) is 1. The highest BCUT2D eigenvalue weighted by Crippen LogP contribution is 2.10. The number of carbonyl (C=O) groups is 2. The Kier molecular flexibility index (Phi) is 4.79. The first-order valence-corrected chi connectivity index (χ1v) is 5.31. The number of aliphatic carboxylic acids is 1. The molecule has 1 unspecified atom stereocenters. The lowest BCUT2D eigenvalue weighted by atomic mass is 10.2. The number of carbonyl (C=O) groups excluding carboxylic acids is 1. The van der Waals surface area contributed by atoms with E-state index in [1.807, 2.05) is 0 Å². The van der Waals surface area contributed by atoms with Gasteiger partial charge in [0, 0.05) is 20.1 Å².